The number of unbranched alkanes of at least 4 members (excludes halogenated alkanes) is 9. The van der Waals surface area contributed by atoms with Gasteiger partial charge in [-0.15, -0.1) is 0 Å². The molecule has 0 rings (SSSR count). The van der Waals surface area contributed by atoms with Gasteiger partial charge < -0.3 is 10.0 Å². The Bertz CT molecular complexity index is 150. The van der Waals surface area contributed by atoms with Crippen molar-refractivity contribution in [3.63, 3.8) is 0 Å². The third-order valence-corrected chi connectivity index (χ3v) is 2.74. The van der Waals surface area contributed by atoms with Gasteiger partial charge in [0.2, 0.25) is 0 Å². The van der Waals surface area contributed by atoms with Gasteiger partial charge in [0.25, 0.3) is 0 Å². The molecular weight excluding hydrogens is 258 g/mol. The van der Waals surface area contributed by atoms with E-state index in [1.165, 1.54) is 51.4 Å². The Hall–Kier alpha value is 1.54. The van der Waals surface area contributed by atoms with E-state index in [2.05, 4.69) is 16.6 Å². The molecule has 0 aliphatic rings. The van der Waals surface area contributed by atoms with Gasteiger partial charge in [0, 0.05) is 0 Å². The van der Waals surface area contributed by atoms with Crippen LogP contribution in [0, 0.1) is 0 Å². The van der Waals surface area contributed by atoms with Crippen molar-refractivity contribution >= 4 is 58.7 Å². The molecule has 0 aromatic rings. The van der Waals surface area contributed by atoms with Crippen molar-refractivity contribution in [1.29, 1.82) is 0 Å². The average molecular weight is 286 g/mol. The van der Waals surface area contributed by atoms with E-state index in [1.54, 1.807) is 0 Å². The fraction of sp³-hybridized carbons (Fsp3) is 1.00. The summed E-state index contributed by atoms with van der Waals surface area (Å²) in [4.78, 5) is 8.70. The Morgan fingerprint density at radius 3 is 1.67 bits per heavy atom. The van der Waals surface area contributed by atoms with Gasteiger partial charge in [-0.25, -0.2) is 9.69 Å². The molecule has 0 radical (unpaired) electrons. The van der Waals surface area contributed by atoms with E-state index in [4.69, 9.17) is 10.0 Å². The van der Waals surface area contributed by atoms with Crippen LogP contribution >= 0.6 is 0 Å². The van der Waals surface area contributed by atoms with E-state index in [9.17, 15) is 0 Å². The van der Waals surface area contributed by atoms with Crippen molar-refractivity contribution in [3.05, 3.63) is 0 Å². The SMILES string of the molecule is CCCCCCCCCCCCOOB(O)O.[KH]. The van der Waals surface area contributed by atoms with E-state index in [0.717, 1.165) is 12.8 Å². The Labute approximate surface area is 154 Å². The molecule has 2 N–H and O–H groups in total. The zero-order valence-electron chi connectivity index (χ0n) is 11.1. The van der Waals surface area contributed by atoms with Crippen LogP contribution in [0.1, 0.15) is 71.1 Å². The Balaban J connectivity index is 0. The van der Waals surface area contributed by atoms with Gasteiger partial charge in [-0.3, -0.25) is 0 Å². The summed E-state index contributed by atoms with van der Waals surface area (Å²) < 4.78 is 0. The molecule has 0 aliphatic heterocycles. The van der Waals surface area contributed by atoms with Crippen LogP contribution < -0.4 is 0 Å². The molecule has 0 aromatic heterocycles. The molecule has 4 nitrogen and oxygen atoms in total. The number of hydrogen-bond acceptors (Lipinski definition) is 4. The van der Waals surface area contributed by atoms with Gasteiger partial charge in [-0.2, -0.15) is 0 Å². The molecule has 0 heterocycles. The van der Waals surface area contributed by atoms with Crippen molar-refractivity contribution in [2.75, 3.05) is 6.61 Å². The molecule has 0 aromatic carbocycles. The van der Waals surface area contributed by atoms with Crippen molar-refractivity contribution < 1.29 is 19.7 Å². The van der Waals surface area contributed by atoms with Gasteiger partial charge in [0.15, 0.2) is 0 Å². The summed E-state index contributed by atoms with van der Waals surface area (Å²) in [5.74, 6) is 0. The summed E-state index contributed by atoms with van der Waals surface area (Å²) in [6, 6.07) is 0. The fourth-order valence-corrected chi connectivity index (χ4v) is 1.76. The molecular formula is C12H28BKO4. The zero-order chi connectivity index (χ0) is 12.8. The van der Waals surface area contributed by atoms with Gasteiger partial charge >= 0.3 is 58.7 Å². The van der Waals surface area contributed by atoms with Gasteiger partial charge in [0.05, 0.1) is 6.61 Å². The Kier molecular flexibility index (Phi) is 22.5. The Morgan fingerprint density at radius 1 is 0.778 bits per heavy atom. The van der Waals surface area contributed by atoms with E-state index in [1.807, 2.05) is 0 Å². The van der Waals surface area contributed by atoms with Crippen LogP contribution in [0.25, 0.3) is 0 Å². The van der Waals surface area contributed by atoms with Gasteiger partial charge in [0.1, 0.15) is 0 Å². The summed E-state index contributed by atoms with van der Waals surface area (Å²) >= 11 is 0. The average Bonchev–Trinajstić information content (AvgIpc) is 2.30. The number of rotatable bonds is 13. The summed E-state index contributed by atoms with van der Waals surface area (Å²) in [6.45, 7) is 2.66. The molecule has 0 atom stereocenters. The van der Waals surface area contributed by atoms with Crippen LogP contribution in [0.15, 0.2) is 0 Å². The first-order valence-electron chi connectivity index (χ1n) is 6.91. The first-order valence-corrected chi connectivity index (χ1v) is 6.91. The molecule has 0 spiro atoms. The molecule has 6 heteroatoms. The molecule has 0 aliphatic carbocycles. The van der Waals surface area contributed by atoms with Crippen molar-refractivity contribution in [2.24, 2.45) is 0 Å². The molecule has 0 saturated heterocycles. The van der Waals surface area contributed by atoms with E-state index in [0.29, 0.717) is 6.61 Å². The standard InChI is InChI=1S/C12H27BO4.K.H/c1-2-3-4-5-6-7-8-9-10-11-12-16-17-13(14)15;;/h14-15H,2-12H2,1H3;;. The van der Waals surface area contributed by atoms with Crippen LogP contribution in [0.2, 0.25) is 0 Å². The monoisotopic (exact) mass is 286 g/mol. The number of hydrogen-bond donors (Lipinski definition) is 2. The molecule has 0 amide bonds. The summed E-state index contributed by atoms with van der Waals surface area (Å²) in [5, 5.41) is 16.6. The second kappa shape index (κ2) is 18.5. The zero-order valence-corrected chi connectivity index (χ0v) is 11.1. The molecule has 0 fully saturated rings. The van der Waals surface area contributed by atoms with Crippen LogP contribution in [-0.4, -0.2) is 75.4 Å². The topological polar surface area (TPSA) is 58.9 Å². The van der Waals surface area contributed by atoms with Crippen LogP contribution in [-0.2, 0) is 9.69 Å². The summed E-state index contributed by atoms with van der Waals surface area (Å²) in [7, 11) is -1.82. The third kappa shape index (κ3) is 19.9. The quantitative estimate of drug-likeness (QED) is 0.236. The second-order valence-corrected chi connectivity index (χ2v) is 4.43. The fourth-order valence-electron chi connectivity index (χ4n) is 1.76. The van der Waals surface area contributed by atoms with Crippen LogP contribution in [0.3, 0.4) is 0 Å². The van der Waals surface area contributed by atoms with Gasteiger partial charge in [-0.1, -0.05) is 64.7 Å². The molecule has 0 unspecified atom stereocenters. The summed E-state index contributed by atoms with van der Waals surface area (Å²) in [6.07, 6.45) is 12.6. The Morgan fingerprint density at radius 2 is 1.22 bits per heavy atom. The molecule has 18 heavy (non-hydrogen) atoms. The second-order valence-electron chi connectivity index (χ2n) is 4.43. The molecule has 104 valence electrons. The predicted octanol–water partition coefficient (Wildman–Crippen LogP) is 2.18. The van der Waals surface area contributed by atoms with Crippen LogP contribution in [0.5, 0.6) is 0 Å². The molecule has 0 bridgehead atoms. The third-order valence-electron chi connectivity index (χ3n) is 2.74. The van der Waals surface area contributed by atoms with Crippen molar-refractivity contribution in [1.82, 2.24) is 0 Å². The minimum absolute atomic E-state index is 0. The van der Waals surface area contributed by atoms with Crippen molar-refractivity contribution in [2.45, 2.75) is 71.1 Å². The first-order chi connectivity index (χ1) is 8.27. The van der Waals surface area contributed by atoms with Crippen molar-refractivity contribution in [3.8, 4) is 0 Å². The van der Waals surface area contributed by atoms with E-state index in [-0.39, 0.29) is 51.4 Å². The maximum atomic E-state index is 8.32. The normalized spacial score (nSPS) is 10.2. The van der Waals surface area contributed by atoms with E-state index >= 15 is 0 Å². The van der Waals surface area contributed by atoms with Crippen LogP contribution in [0.4, 0.5) is 0 Å². The van der Waals surface area contributed by atoms with E-state index < -0.39 is 7.32 Å². The predicted molar refractivity (Wildman–Crippen MR) is 76.2 cm³/mol. The maximum absolute atomic E-state index is 8.32. The first kappa shape index (κ1) is 21.8. The molecule has 0 saturated carbocycles. The minimum atomic E-state index is -1.82. The summed E-state index contributed by atoms with van der Waals surface area (Å²) in [5.41, 5.74) is 0. The van der Waals surface area contributed by atoms with Gasteiger partial charge in [-0.05, 0) is 6.42 Å².